The van der Waals surface area contributed by atoms with E-state index < -0.39 is 24.3 Å². The molecule has 0 aromatic heterocycles. The Morgan fingerprint density at radius 3 is 2.05 bits per heavy atom. The van der Waals surface area contributed by atoms with Crippen LogP contribution in [0.1, 0.15) is 5.56 Å². The zero-order valence-corrected chi connectivity index (χ0v) is 13.0. The van der Waals surface area contributed by atoms with Crippen LogP contribution in [0.4, 0.5) is 13.2 Å². The Bertz CT molecular complexity index is 563. The maximum Gasteiger partial charge on any atom is 0.511 e. The van der Waals surface area contributed by atoms with Crippen LogP contribution in [0.2, 0.25) is 12.1 Å². The molecule has 0 N–H and O–H groups in total. The topological polar surface area (TPSA) is 37.4 Å². The maximum atomic E-state index is 12.5. The summed E-state index contributed by atoms with van der Waals surface area (Å²) in [5.41, 5.74) is -4.05. The van der Waals surface area contributed by atoms with Gasteiger partial charge in [0.15, 0.2) is 0 Å². The van der Waals surface area contributed by atoms with Crippen LogP contribution >= 0.6 is 0 Å². The van der Waals surface area contributed by atoms with Gasteiger partial charge in [-0.25, -0.2) is 8.42 Å². The van der Waals surface area contributed by atoms with Crippen molar-refractivity contribution in [2.75, 3.05) is 13.1 Å². The van der Waals surface area contributed by atoms with Crippen LogP contribution in [0.25, 0.3) is 0 Å². The van der Waals surface area contributed by atoms with E-state index in [1.165, 1.54) is 5.19 Å². The van der Waals surface area contributed by atoms with Crippen LogP contribution in [-0.2, 0) is 10.0 Å². The summed E-state index contributed by atoms with van der Waals surface area (Å²) >= 11 is 0. The molecule has 0 atom stereocenters. The first-order valence-corrected chi connectivity index (χ1v) is 10.00. The van der Waals surface area contributed by atoms with Gasteiger partial charge in [0.1, 0.15) is 0 Å². The Balaban J connectivity index is 2.05. The molecule has 0 amide bonds. The summed E-state index contributed by atoms with van der Waals surface area (Å²) in [7, 11) is -6.50. The molecule has 0 saturated carbocycles. The minimum absolute atomic E-state index is 0.0212. The number of nitrogens with zero attached hydrogens (tertiary/aromatic N) is 1. The first-order valence-electron chi connectivity index (χ1n) is 6.35. The normalized spacial score (nSPS) is 19.2. The van der Waals surface area contributed by atoms with E-state index >= 15 is 0 Å². The average Bonchev–Trinajstić information content (AvgIpc) is 2.38. The molecule has 2 rings (SSSR count). The summed E-state index contributed by atoms with van der Waals surface area (Å²) in [6.45, 7) is 1.93. The number of alkyl halides is 3. The van der Waals surface area contributed by atoms with E-state index in [4.69, 9.17) is 0 Å². The van der Waals surface area contributed by atoms with E-state index in [0.29, 0.717) is 16.4 Å². The highest BCUT2D eigenvalue weighted by atomic mass is 32.2. The molecule has 1 saturated heterocycles. The predicted molar refractivity (Wildman–Crippen MR) is 74.1 cm³/mol. The molecular formula is C12H16F3NO2SSi. The van der Waals surface area contributed by atoms with Crippen LogP contribution in [0.5, 0.6) is 0 Å². The minimum Gasteiger partial charge on any atom is -0.203 e. The molecule has 0 aliphatic carbocycles. The van der Waals surface area contributed by atoms with Gasteiger partial charge in [0.25, 0.3) is 0 Å². The van der Waals surface area contributed by atoms with Crippen LogP contribution < -0.4 is 5.19 Å². The number of hydrogen-bond donors (Lipinski definition) is 0. The highest BCUT2D eigenvalue weighted by molar-refractivity contribution is 7.90. The molecule has 1 aliphatic heterocycles. The van der Waals surface area contributed by atoms with Crippen molar-refractivity contribution in [3.8, 4) is 0 Å². The molecule has 0 radical (unpaired) electrons. The average molecular weight is 323 g/mol. The summed E-state index contributed by atoms with van der Waals surface area (Å²) in [4.78, 5) is 0. The summed E-state index contributed by atoms with van der Waals surface area (Å²) in [5.74, 6) is 0. The van der Waals surface area contributed by atoms with Gasteiger partial charge in [-0.3, -0.25) is 0 Å². The standard InChI is InChI=1S/C12H16F3NO2SSi/c1-10-2-4-11(5-3-10)20-8-6-16(7-9-20)19(17,18)12(13,14)15/h2-5,20H,6-9H2,1H3. The Morgan fingerprint density at radius 2 is 1.60 bits per heavy atom. The van der Waals surface area contributed by atoms with Crippen LogP contribution in [0.3, 0.4) is 0 Å². The van der Waals surface area contributed by atoms with Gasteiger partial charge < -0.3 is 0 Å². The summed E-state index contributed by atoms with van der Waals surface area (Å²) in [6, 6.07) is 9.11. The maximum absolute atomic E-state index is 12.5. The molecule has 1 aromatic rings. The molecule has 1 aliphatic rings. The van der Waals surface area contributed by atoms with E-state index in [0.717, 1.165) is 5.56 Å². The fraction of sp³-hybridized carbons (Fsp3) is 0.500. The first-order chi connectivity index (χ1) is 9.22. The predicted octanol–water partition coefficient (Wildman–Crippen LogP) is 1.59. The van der Waals surface area contributed by atoms with Gasteiger partial charge in [-0.15, -0.1) is 0 Å². The Labute approximate surface area is 118 Å². The first kappa shape index (κ1) is 15.5. The summed E-state index contributed by atoms with van der Waals surface area (Å²) in [6.07, 6.45) is 0. The lowest BCUT2D eigenvalue weighted by molar-refractivity contribution is -0.0487. The molecule has 0 bridgehead atoms. The van der Waals surface area contributed by atoms with Gasteiger partial charge in [-0.1, -0.05) is 35.0 Å². The molecule has 0 unspecified atom stereocenters. The molecule has 112 valence electrons. The van der Waals surface area contributed by atoms with Crippen molar-refractivity contribution < 1.29 is 21.6 Å². The molecular weight excluding hydrogens is 307 g/mol. The highest BCUT2D eigenvalue weighted by Gasteiger charge is 2.50. The van der Waals surface area contributed by atoms with Gasteiger partial charge in [0, 0.05) is 13.1 Å². The van der Waals surface area contributed by atoms with Crippen molar-refractivity contribution >= 4 is 24.0 Å². The number of hydrogen-bond acceptors (Lipinski definition) is 2. The Hall–Kier alpha value is -0.863. The number of halogens is 3. The van der Waals surface area contributed by atoms with Gasteiger partial charge in [-0.2, -0.15) is 17.5 Å². The molecule has 0 spiro atoms. The number of benzene rings is 1. The van der Waals surface area contributed by atoms with Crippen molar-refractivity contribution in [1.82, 2.24) is 4.31 Å². The van der Waals surface area contributed by atoms with Crippen molar-refractivity contribution in [3.05, 3.63) is 29.8 Å². The quantitative estimate of drug-likeness (QED) is 0.775. The van der Waals surface area contributed by atoms with Gasteiger partial charge >= 0.3 is 15.5 Å². The smallest absolute Gasteiger partial charge is 0.203 e. The molecule has 8 heteroatoms. The van der Waals surface area contributed by atoms with Crippen LogP contribution in [-0.4, -0.2) is 40.1 Å². The SMILES string of the molecule is Cc1ccc([SiH]2CCN(S(=O)(=O)C(F)(F)F)CC2)cc1. The summed E-state index contributed by atoms with van der Waals surface area (Å²) in [5, 5.41) is 1.19. The third-order valence-corrected chi connectivity index (χ3v) is 8.50. The lowest BCUT2D eigenvalue weighted by Gasteiger charge is -2.31. The highest BCUT2D eigenvalue weighted by Crippen LogP contribution is 2.29. The third-order valence-electron chi connectivity index (χ3n) is 3.64. The van der Waals surface area contributed by atoms with E-state index in [1.54, 1.807) is 0 Å². The molecule has 1 fully saturated rings. The van der Waals surface area contributed by atoms with E-state index in [9.17, 15) is 21.6 Å². The minimum atomic E-state index is -5.19. The zero-order chi connectivity index (χ0) is 15.0. The molecule has 3 nitrogen and oxygen atoms in total. The van der Waals surface area contributed by atoms with Crippen molar-refractivity contribution in [3.63, 3.8) is 0 Å². The van der Waals surface area contributed by atoms with E-state index in [2.05, 4.69) is 0 Å². The largest absolute Gasteiger partial charge is 0.511 e. The Morgan fingerprint density at radius 1 is 1.10 bits per heavy atom. The zero-order valence-electron chi connectivity index (χ0n) is 11.0. The third kappa shape index (κ3) is 3.07. The lowest BCUT2D eigenvalue weighted by atomic mass is 10.2. The van der Waals surface area contributed by atoms with Gasteiger partial charge in [-0.05, 0) is 19.0 Å². The lowest BCUT2D eigenvalue weighted by Crippen LogP contribution is -2.49. The number of aryl methyl sites for hydroxylation is 1. The van der Waals surface area contributed by atoms with E-state index in [1.807, 2.05) is 31.2 Å². The second-order valence-corrected chi connectivity index (χ2v) is 10.2. The van der Waals surface area contributed by atoms with E-state index in [-0.39, 0.29) is 13.1 Å². The molecule has 1 heterocycles. The van der Waals surface area contributed by atoms with Crippen molar-refractivity contribution in [1.29, 1.82) is 0 Å². The van der Waals surface area contributed by atoms with Crippen molar-refractivity contribution in [2.24, 2.45) is 0 Å². The monoisotopic (exact) mass is 323 g/mol. The van der Waals surface area contributed by atoms with Gasteiger partial charge in [0.2, 0.25) is 0 Å². The van der Waals surface area contributed by atoms with Crippen LogP contribution in [0.15, 0.2) is 24.3 Å². The van der Waals surface area contributed by atoms with Gasteiger partial charge in [0.05, 0.1) is 8.80 Å². The fourth-order valence-corrected chi connectivity index (χ4v) is 6.71. The number of rotatable bonds is 2. The molecule has 1 aromatic carbocycles. The van der Waals surface area contributed by atoms with Crippen molar-refractivity contribution in [2.45, 2.75) is 24.5 Å². The van der Waals surface area contributed by atoms with Crippen LogP contribution in [0, 0.1) is 6.92 Å². The number of sulfonamides is 1. The second kappa shape index (κ2) is 5.49. The molecule has 20 heavy (non-hydrogen) atoms. The summed E-state index contributed by atoms with van der Waals surface area (Å²) < 4.78 is 60.6. The Kier molecular flexibility index (Phi) is 4.26. The fourth-order valence-electron chi connectivity index (χ4n) is 2.41. The second-order valence-electron chi connectivity index (χ2n) is 5.03.